The molecule has 0 aromatic heterocycles. The van der Waals surface area contributed by atoms with Crippen molar-refractivity contribution in [3.05, 3.63) is 33.8 Å². The van der Waals surface area contributed by atoms with Crippen LogP contribution in [0.4, 0.5) is 0 Å². The van der Waals surface area contributed by atoms with Crippen molar-refractivity contribution >= 4 is 35.0 Å². The van der Waals surface area contributed by atoms with Crippen LogP contribution >= 0.6 is 23.2 Å². The molecule has 1 aromatic rings. The lowest BCUT2D eigenvalue weighted by Crippen LogP contribution is -2.67. The third kappa shape index (κ3) is 2.63. The molecule has 1 unspecified atom stereocenters. The molecule has 20 heavy (non-hydrogen) atoms. The van der Waals surface area contributed by atoms with Gasteiger partial charge in [0, 0.05) is 16.6 Å². The van der Waals surface area contributed by atoms with E-state index in [1.807, 2.05) is 0 Å². The molecule has 1 aliphatic rings. The maximum Gasteiger partial charge on any atom is 0.246 e. The maximum atomic E-state index is 12.3. The predicted molar refractivity (Wildman–Crippen MR) is 78.7 cm³/mol. The highest BCUT2D eigenvalue weighted by atomic mass is 35.5. The molecule has 1 fully saturated rings. The molecule has 2 rings (SSSR count). The first-order valence-electron chi connectivity index (χ1n) is 6.30. The monoisotopic (exact) mass is 314 g/mol. The standard InChI is InChI=1S/C14H16Cl2N2O2/c1-8-12(19)18(14(2,3)13(20)17-8)7-9-4-5-10(15)6-11(9)16/h4-6,8H,7H2,1-3H3,(H,17,20). The quantitative estimate of drug-likeness (QED) is 0.912. The first kappa shape index (κ1) is 15.1. The van der Waals surface area contributed by atoms with E-state index >= 15 is 0 Å². The summed E-state index contributed by atoms with van der Waals surface area (Å²) in [5.74, 6) is -0.296. The molecule has 0 saturated carbocycles. The van der Waals surface area contributed by atoms with Gasteiger partial charge in [-0.3, -0.25) is 9.59 Å². The zero-order chi connectivity index (χ0) is 15.1. The summed E-state index contributed by atoms with van der Waals surface area (Å²) in [6.45, 7) is 5.39. The largest absolute Gasteiger partial charge is 0.343 e. The van der Waals surface area contributed by atoms with E-state index in [1.165, 1.54) is 0 Å². The first-order valence-corrected chi connectivity index (χ1v) is 7.05. The van der Waals surface area contributed by atoms with Crippen molar-refractivity contribution in [2.45, 2.75) is 38.9 Å². The number of nitrogens with zero attached hydrogens (tertiary/aromatic N) is 1. The molecule has 1 saturated heterocycles. The van der Waals surface area contributed by atoms with E-state index in [2.05, 4.69) is 5.32 Å². The van der Waals surface area contributed by atoms with Gasteiger partial charge in [0.1, 0.15) is 11.6 Å². The molecule has 2 amide bonds. The molecule has 108 valence electrons. The van der Waals surface area contributed by atoms with Crippen molar-refractivity contribution in [3.8, 4) is 0 Å². The van der Waals surface area contributed by atoms with Crippen LogP contribution in [-0.4, -0.2) is 28.3 Å². The minimum atomic E-state index is -0.910. The van der Waals surface area contributed by atoms with Crippen LogP contribution in [-0.2, 0) is 16.1 Å². The number of hydrogen-bond donors (Lipinski definition) is 1. The van der Waals surface area contributed by atoms with E-state index in [9.17, 15) is 9.59 Å². The van der Waals surface area contributed by atoms with Gasteiger partial charge in [-0.2, -0.15) is 0 Å². The topological polar surface area (TPSA) is 49.4 Å². The van der Waals surface area contributed by atoms with Gasteiger partial charge < -0.3 is 10.2 Å². The van der Waals surface area contributed by atoms with Crippen LogP contribution in [0.15, 0.2) is 18.2 Å². The highest BCUT2D eigenvalue weighted by Gasteiger charge is 2.44. The van der Waals surface area contributed by atoms with E-state index in [4.69, 9.17) is 23.2 Å². The molecule has 0 bridgehead atoms. The smallest absolute Gasteiger partial charge is 0.246 e. The number of halogens is 2. The molecule has 1 N–H and O–H groups in total. The number of benzene rings is 1. The number of piperazine rings is 1. The summed E-state index contributed by atoms with van der Waals surface area (Å²) in [7, 11) is 0. The van der Waals surface area contributed by atoms with Crippen LogP contribution in [0.2, 0.25) is 10.0 Å². The van der Waals surface area contributed by atoms with Gasteiger partial charge >= 0.3 is 0 Å². The van der Waals surface area contributed by atoms with Gasteiger partial charge in [0.2, 0.25) is 11.8 Å². The van der Waals surface area contributed by atoms with Gasteiger partial charge in [0.25, 0.3) is 0 Å². The number of carbonyl (C=O) groups excluding carboxylic acids is 2. The maximum absolute atomic E-state index is 12.3. The Kier molecular flexibility index (Phi) is 3.98. The SMILES string of the molecule is CC1NC(=O)C(C)(C)N(Cc2ccc(Cl)cc2Cl)C1=O. The Morgan fingerprint density at radius 2 is 1.95 bits per heavy atom. The summed E-state index contributed by atoms with van der Waals surface area (Å²) in [6, 6.07) is 4.59. The summed E-state index contributed by atoms with van der Waals surface area (Å²) in [4.78, 5) is 25.9. The van der Waals surface area contributed by atoms with Gasteiger partial charge in [0.05, 0.1) is 0 Å². The molecule has 1 aromatic carbocycles. The number of nitrogens with one attached hydrogen (secondary N) is 1. The average Bonchev–Trinajstić information content (AvgIpc) is 2.35. The number of rotatable bonds is 2. The lowest BCUT2D eigenvalue weighted by molar-refractivity contribution is -0.155. The Labute approximate surface area is 128 Å². The molecule has 1 atom stereocenters. The first-order chi connectivity index (χ1) is 9.23. The van der Waals surface area contributed by atoms with E-state index in [-0.39, 0.29) is 18.4 Å². The average molecular weight is 315 g/mol. The molecule has 4 nitrogen and oxygen atoms in total. The van der Waals surface area contributed by atoms with Gasteiger partial charge in [-0.25, -0.2) is 0 Å². The fraction of sp³-hybridized carbons (Fsp3) is 0.429. The van der Waals surface area contributed by atoms with Crippen molar-refractivity contribution in [1.82, 2.24) is 10.2 Å². The minimum Gasteiger partial charge on any atom is -0.343 e. The molecule has 1 heterocycles. The Bertz CT molecular complexity index is 572. The van der Waals surface area contributed by atoms with Crippen molar-refractivity contribution < 1.29 is 9.59 Å². The van der Waals surface area contributed by atoms with E-state index in [0.717, 1.165) is 5.56 Å². The third-order valence-corrected chi connectivity index (χ3v) is 4.15. The normalized spacial score (nSPS) is 21.9. The van der Waals surface area contributed by atoms with Crippen LogP contribution < -0.4 is 5.32 Å². The fourth-order valence-corrected chi connectivity index (χ4v) is 2.63. The van der Waals surface area contributed by atoms with Crippen molar-refractivity contribution in [3.63, 3.8) is 0 Å². The van der Waals surface area contributed by atoms with Crippen LogP contribution in [0.25, 0.3) is 0 Å². The summed E-state index contributed by atoms with van der Waals surface area (Å²) in [6.07, 6.45) is 0. The number of carbonyl (C=O) groups is 2. The number of hydrogen-bond acceptors (Lipinski definition) is 2. The van der Waals surface area contributed by atoms with Crippen LogP contribution in [0.5, 0.6) is 0 Å². The second-order valence-electron chi connectivity index (χ2n) is 5.41. The summed E-state index contributed by atoms with van der Waals surface area (Å²) in [5.41, 5.74) is -0.147. The van der Waals surface area contributed by atoms with Crippen LogP contribution in [0.3, 0.4) is 0 Å². The van der Waals surface area contributed by atoms with Crippen molar-refractivity contribution in [2.24, 2.45) is 0 Å². The Hall–Kier alpha value is -1.26. The van der Waals surface area contributed by atoms with E-state index in [0.29, 0.717) is 10.0 Å². The Balaban J connectivity index is 2.33. The highest BCUT2D eigenvalue weighted by molar-refractivity contribution is 6.35. The molecular formula is C14H16Cl2N2O2. The van der Waals surface area contributed by atoms with Gasteiger partial charge in [-0.05, 0) is 38.5 Å². The molecule has 0 aliphatic carbocycles. The zero-order valence-electron chi connectivity index (χ0n) is 11.5. The zero-order valence-corrected chi connectivity index (χ0v) is 13.0. The van der Waals surface area contributed by atoms with Crippen molar-refractivity contribution in [2.75, 3.05) is 0 Å². The van der Waals surface area contributed by atoms with Crippen molar-refractivity contribution in [1.29, 1.82) is 0 Å². The lowest BCUT2D eigenvalue weighted by Gasteiger charge is -2.43. The van der Waals surface area contributed by atoms with Gasteiger partial charge in [-0.15, -0.1) is 0 Å². The second kappa shape index (κ2) is 5.26. The van der Waals surface area contributed by atoms with Crippen LogP contribution in [0.1, 0.15) is 26.3 Å². The predicted octanol–water partition coefficient (Wildman–Crippen LogP) is 2.62. The second-order valence-corrected chi connectivity index (χ2v) is 6.26. The van der Waals surface area contributed by atoms with E-state index in [1.54, 1.807) is 43.9 Å². The van der Waals surface area contributed by atoms with Crippen LogP contribution in [0, 0.1) is 0 Å². The molecule has 1 aliphatic heterocycles. The third-order valence-electron chi connectivity index (χ3n) is 3.56. The summed E-state index contributed by atoms with van der Waals surface area (Å²) >= 11 is 12.0. The van der Waals surface area contributed by atoms with Gasteiger partial charge in [-0.1, -0.05) is 29.3 Å². The molecule has 6 heteroatoms. The lowest BCUT2D eigenvalue weighted by atomic mass is 9.95. The van der Waals surface area contributed by atoms with E-state index < -0.39 is 11.6 Å². The Morgan fingerprint density at radius 1 is 1.30 bits per heavy atom. The van der Waals surface area contributed by atoms with Gasteiger partial charge in [0.15, 0.2) is 0 Å². The fourth-order valence-electron chi connectivity index (χ4n) is 2.16. The summed E-state index contributed by atoms with van der Waals surface area (Å²) in [5, 5.41) is 3.70. The summed E-state index contributed by atoms with van der Waals surface area (Å²) < 4.78 is 0. The Morgan fingerprint density at radius 3 is 2.55 bits per heavy atom. The molecular weight excluding hydrogens is 299 g/mol. The minimum absolute atomic E-state index is 0.124. The molecule has 0 radical (unpaired) electrons. The number of amides is 2. The molecule has 0 spiro atoms. The highest BCUT2D eigenvalue weighted by Crippen LogP contribution is 2.27.